The van der Waals surface area contributed by atoms with Crippen molar-refractivity contribution in [3.63, 3.8) is 0 Å². The van der Waals surface area contributed by atoms with E-state index in [1.807, 2.05) is 0 Å². The van der Waals surface area contributed by atoms with Gasteiger partial charge < -0.3 is 19.6 Å². The molecule has 1 N–H and O–H groups in total. The minimum absolute atomic E-state index is 0.0903. The zero-order chi connectivity index (χ0) is 12.8. The van der Waals surface area contributed by atoms with E-state index < -0.39 is 5.97 Å². The number of hydrogen-bond donors (Lipinski definition) is 1. The molecule has 0 aromatic heterocycles. The number of nitrogens with zero attached hydrogens (tertiary/aromatic N) is 2. The number of carboxylic acid groups (broad SMARTS) is 1. The molecule has 1 aliphatic heterocycles. The van der Waals surface area contributed by atoms with Crippen molar-refractivity contribution in [3.8, 4) is 0 Å². The third kappa shape index (κ3) is 4.22. The minimum atomic E-state index is -0.995. The van der Waals surface area contributed by atoms with Crippen molar-refractivity contribution in [1.29, 1.82) is 0 Å². The number of carbonyl (C=O) groups excluding carboxylic acids is 1. The molecule has 0 aliphatic carbocycles. The van der Waals surface area contributed by atoms with E-state index >= 15 is 0 Å². The van der Waals surface area contributed by atoms with Gasteiger partial charge in [0.1, 0.15) is 6.54 Å². The Labute approximate surface area is 101 Å². The largest absolute Gasteiger partial charge is 0.480 e. The van der Waals surface area contributed by atoms with Gasteiger partial charge in [0, 0.05) is 26.7 Å². The molecule has 0 aromatic carbocycles. The Hall–Kier alpha value is -1.30. The second-order valence-electron chi connectivity index (χ2n) is 4.21. The molecule has 6 heteroatoms. The average Bonchev–Trinajstić information content (AvgIpc) is 2.77. The predicted molar refractivity (Wildman–Crippen MR) is 61.9 cm³/mol. The van der Waals surface area contributed by atoms with E-state index in [2.05, 4.69) is 0 Å². The molecular formula is C11H20N2O4. The van der Waals surface area contributed by atoms with Crippen LogP contribution in [-0.2, 0) is 9.53 Å². The molecule has 17 heavy (non-hydrogen) atoms. The zero-order valence-corrected chi connectivity index (χ0v) is 10.4. The molecule has 1 heterocycles. The maximum atomic E-state index is 11.9. The lowest BCUT2D eigenvalue weighted by molar-refractivity contribution is -0.137. The van der Waals surface area contributed by atoms with Crippen LogP contribution in [0.2, 0.25) is 0 Å². The highest BCUT2D eigenvalue weighted by Crippen LogP contribution is 2.13. The summed E-state index contributed by atoms with van der Waals surface area (Å²) >= 11 is 0. The van der Waals surface area contributed by atoms with Gasteiger partial charge in [-0.25, -0.2) is 4.79 Å². The molecule has 0 aromatic rings. The lowest BCUT2D eigenvalue weighted by atomic mass is 10.2. The Bertz CT molecular complexity index is 277. The first-order valence-electron chi connectivity index (χ1n) is 5.88. The fourth-order valence-corrected chi connectivity index (χ4v) is 1.89. The van der Waals surface area contributed by atoms with Gasteiger partial charge in [-0.15, -0.1) is 0 Å². The molecule has 98 valence electrons. The standard InChI is InChI=1S/C11H20N2O4/c1-3-13(8-10(14)15)11(16)12(2)7-9-5-4-6-17-9/h9H,3-8H2,1-2H3,(H,14,15). The van der Waals surface area contributed by atoms with E-state index in [0.29, 0.717) is 13.1 Å². The van der Waals surface area contributed by atoms with Crippen molar-refractivity contribution in [1.82, 2.24) is 9.80 Å². The molecule has 0 saturated carbocycles. The fraction of sp³-hybridized carbons (Fsp3) is 0.818. The van der Waals surface area contributed by atoms with Gasteiger partial charge in [-0.1, -0.05) is 0 Å². The third-order valence-electron chi connectivity index (χ3n) is 2.81. The number of amides is 2. The molecule has 6 nitrogen and oxygen atoms in total. The summed E-state index contributed by atoms with van der Waals surface area (Å²) in [5.41, 5.74) is 0. The van der Waals surface area contributed by atoms with Gasteiger partial charge in [0.05, 0.1) is 6.10 Å². The molecule has 1 saturated heterocycles. The van der Waals surface area contributed by atoms with Crippen LogP contribution in [0, 0.1) is 0 Å². The summed E-state index contributed by atoms with van der Waals surface area (Å²) in [5.74, 6) is -0.995. The Balaban J connectivity index is 2.44. The Morgan fingerprint density at radius 1 is 1.47 bits per heavy atom. The van der Waals surface area contributed by atoms with Crippen molar-refractivity contribution in [2.75, 3.05) is 33.3 Å². The van der Waals surface area contributed by atoms with Crippen molar-refractivity contribution >= 4 is 12.0 Å². The number of ether oxygens (including phenoxy) is 1. The topological polar surface area (TPSA) is 70.1 Å². The van der Waals surface area contributed by atoms with Crippen LogP contribution in [0.1, 0.15) is 19.8 Å². The normalized spacial score (nSPS) is 19.1. The molecule has 1 rings (SSSR count). The highest BCUT2D eigenvalue weighted by Gasteiger charge is 2.23. The number of likely N-dealkylation sites (N-methyl/N-ethyl adjacent to an activating group) is 2. The van der Waals surface area contributed by atoms with Crippen LogP contribution in [0.15, 0.2) is 0 Å². The maximum Gasteiger partial charge on any atom is 0.323 e. The predicted octanol–water partition coefficient (Wildman–Crippen LogP) is 0.624. The highest BCUT2D eigenvalue weighted by molar-refractivity contribution is 5.80. The quantitative estimate of drug-likeness (QED) is 0.769. The van der Waals surface area contributed by atoms with Crippen LogP contribution in [0.3, 0.4) is 0 Å². The van der Waals surface area contributed by atoms with Crippen LogP contribution < -0.4 is 0 Å². The van der Waals surface area contributed by atoms with E-state index in [1.54, 1.807) is 14.0 Å². The minimum Gasteiger partial charge on any atom is -0.480 e. The fourth-order valence-electron chi connectivity index (χ4n) is 1.89. The van der Waals surface area contributed by atoms with E-state index in [1.165, 1.54) is 9.80 Å². The number of aliphatic carboxylic acids is 1. The lowest BCUT2D eigenvalue weighted by Gasteiger charge is -2.27. The summed E-state index contributed by atoms with van der Waals surface area (Å²) in [4.78, 5) is 25.4. The highest BCUT2D eigenvalue weighted by atomic mass is 16.5. The van der Waals surface area contributed by atoms with Crippen LogP contribution >= 0.6 is 0 Å². The first kappa shape index (κ1) is 13.8. The summed E-state index contributed by atoms with van der Waals surface area (Å²) < 4.78 is 5.44. The molecule has 1 atom stereocenters. The van der Waals surface area contributed by atoms with Gasteiger partial charge in [0.2, 0.25) is 0 Å². The van der Waals surface area contributed by atoms with Crippen LogP contribution in [0.5, 0.6) is 0 Å². The van der Waals surface area contributed by atoms with Crippen molar-refractivity contribution in [2.45, 2.75) is 25.9 Å². The second kappa shape index (κ2) is 6.44. The third-order valence-corrected chi connectivity index (χ3v) is 2.81. The SMILES string of the molecule is CCN(CC(=O)O)C(=O)N(C)CC1CCCO1. The smallest absolute Gasteiger partial charge is 0.323 e. The Kier molecular flexibility index (Phi) is 5.21. The lowest BCUT2D eigenvalue weighted by Crippen LogP contribution is -2.45. The number of hydrogen-bond acceptors (Lipinski definition) is 3. The molecular weight excluding hydrogens is 224 g/mol. The summed E-state index contributed by atoms with van der Waals surface area (Å²) in [6, 6.07) is -0.259. The molecule has 1 fully saturated rings. The van der Waals surface area contributed by atoms with E-state index in [-0.39, 0.29) is 18.7 Å². The number of carbonyl (C=O) groups is 2. The van der Waals surface area contributed by atoms with E-state index in [4.69, 9.17) is 9.84 Å². The second-order valence-corrected chi connectivity index (χ2v) is 4.21. The van der Waals surface area contributed by atoms with E-state index in [0.717, 1.165) is 19.4 Å². The van der Waals surface area contributed by atoms with Crippen LogP contribution in [0.25, 0.3) is 0 Å². The van der Waals surface area contributed by atoms with Crippen molar-refractivity contribution in [2.24, 2.45) is 0 Å². The number of urea groups is 1. The first-order valence-corrected chi connectivity index (χ1v) is 5.88. The van der Waals surface area contributed by atoms with Gasteiger partial charge in [0.15, 0.2) is 0 Å². The van der Waals surface area contributed by atoms with E-state index in [9.17, 15) is 9.59 Å². The van der Waals surface area contributed by atoms with Gasteiger partial charge in [-0.2, -0.15) is 0 Å². The molecule has 1 aliphatic rings. The van der Waals surface area contributed by atoms with Gasteiger partial charge >= 0.3 is 12.0 Å². The maximum absolute atomic E-state index is 11.9. The number of carboxylic acids is 1. The van der Waals surface area contributed by atoms with Gasteiger partial charge in [0.25, 0.3) is 0 Å². The number of rotatable bonds is 5. The Morgan fingerprint density at radius 2 is 2.18 bits per heavy atom. The molecule has 2 amide bonds. The summed E-state index contributed by atoms with van der Waals surface area (Å²) in [6.07, 6.45) is 2.08. The monoisotopic (exact) mass is 244 g/mol. The van der Waals surface area contributed by atoms with Gasteiger partial charge in [-0.3, -0.25) is 4.79 Å². The zero-order valence-electron chi connectivity index (χ0n) is 10.4. The molecule has 0 radical (unpaired) electrons. The summed E-state index contributed by atoms with van der Waals surface area (Å²) in [6.45, 7) is 3.17. The molecule has 1 unspecified atom stereocenters. The Morgan fingerprint density at radius 3 is 2.65 bits per heavy atom. The van der Waals surface area contributed by atoms with Crippen LogP contribution in [0.4, 0.5) is 4.79 Å². The average molecular weight is 244 g/mol. The first-order chi connectivity index (χ1) is 8.04. The summed E-state index contributed by atoms with van der Waals surface area (Å²) in [5, 5.41) is 8.69. The summed E-state index contributed by atoms with van der Waals surface area (Å²) in [7, 11) is 1.68. The van der Waals surface area contributed by atoms with Gasteiger partial charge in [-0.05, 0) is 19.8 Å². The molecule has 0 spiro atoms. The van der Waals surface area contributed by atoms with Crippen LogP contribution in [-0.4, -0.2) is 66.3 Å². The van der Waals surface area contributed by atoms with Crippen molar-refractivity contribution < 1.29 is 19.4 Å². The molecule has 0 bridgehead atoms. The van der Waals surface area contributed by atoms with Crippen molar-refractivity contribution in [3.05, 3.63) is 0 Å².